The summed E-state index contributed by atoms with van der Waals surface area (Å²) in [5.41, 5.74) is 6.82. The van der Waals surface area contributed by atoms with Gasteiger partial charge in [0, 0.05) is 50.3 Å². The van der Waals surface area contributed by atoms with E-state index in [4.69, 9.17) is 14.2 Å². The maximum atomic E-state index is 14.7. The number of fused-ring (bicyclic) bond motifs is 1. The molecule has 266 valence electrons. The lowest BCUT2D eigenvalue weighted by atomic mass is 10.0. The number of anilines is 1. The molecule has 1 atom stereocenters. The predicted octanol–water partition coefficient (Wildman–Crippen LogP) is 6.90. The summed E-state index contributed by atoms with van der Waals surface area (Å²) in [6.45, 7) is 1.63. The molecule has 0 bridgehead atoms. The van der Waals surface area contributed by atoms with Crippen LogP contribution in [-0.4, -0.2) is 54.1 Å². The third-order valence-corrected chi connectivity index (χ3v) is 11.4. The van der Waals surface area contributed by atoms with Gasteiger partial charge >= 0.3 is 0 Å². The van der Waals surface area contributed by atoms with Gasteiger partial charge in [-0.05, 0) is 88.8 Å². The number of benzene rings is 4. The van der Waals surface area contributed by atoms with Crippen LogP contribution < -0.4 is 19.1 Å². The maximum absolute atomic E-state index is 14.7. The average Bonchev–Trinajstić information content (AvgIpc) is 3.52. The summed E-state index contributed by atoms with van der Waals surface area (Å²) in [5, 5.41) is 0. The molecule has 0 N–H and O–H groups in total. The topological polar surface area (TPSA) is 99.0 Å². The molecular formula is C41H41N5O5S. The van der Waals surface area contributed by atoms with Gasteiger partial charge in [0.1, 0.15) is 18.1 Å². The predicted molar refractivity (Wildman–Crippen MR) is 201 cm³/mol. The fourth-order valence-corrected chi connectivity index (χ4v) is 8.18. The summed E-state index contributed by atoms with van der Waals surface area (Å²) < 4.78 is 50.0. The van der Waals surface area contributed by atoms with Crippen LogP contribution in [0.1, 0.15) is 22.4 Å². The van der Waals surface area contributed by atoms with Gasteiger partial charge in [0.25, 0.3) is 0 Å². The van der Waals surface area contributed by atoms with Gasteiger partial charge in [0.15, 0.2) is 0 Å². The molecule has 3 heterocycles. The fraction of sp³-hybridized carbons (Fsp3) is 0.220. The molecule has 7 rings (SSSR count). The second-order valence-electron chi connectivity index (χ2n) is 12.8. The Kier molecular flexibility index (Phi) is 10.2. The second kappa shape index (κ2) is 15.3. The largest absolute Gasteiger partial charge is 0.497 e. The van der Waals surface area contributed by atoms with Crippen molar-refractivity contribution in [1.82, 2.24) is 18.8 Å². The molecule has 6 aromatic rings. The quantitative estimate of drug-likeness (QED) is 0.135. The number of imidazole rings is 1. The summed E-state index contributed by atoms with van der Waals surface area (Å²) >= 11 is 0. The normalized spacial score (nSPS) is 14.8. The number of nitrogens with zero attached hydrogens (tertiary/aromatic N) is 5. The molecule has 0 fully saturated rings. The molecule has 0 radical (unpaired) electrons. The van der Waals surface area contributed by atoms with E-state index in [1.54, 1.807) is 55.3 Å². The van der Waals surface area contributed by atoms with Crippen LogP contribution in [0.3, 0.4) is 0 Å². The zero-order valence-corrected chi connectivity index (χ0v) is 30.2. The highest BCUT2D eigenvalue weighted by Gasteiger charge is 2.37. The van der Waals surface area contributed by atoms with Crippen molar-refractivity contribution in [3.05, 3.63) is 150 Å². The van der Waals surface area contributed by atoms with Crippen molar-refractivity contribution in [2.45, 2.75) is 37.1 Å². The summed E-state index contributed by atoms with van der Waals surface area (Å²) in [4.78, 5) is 11.1. The minimum atomic E-state index is -3.97. The highest BCUT2D eigenvalue weighted by molar-refractivity contribution is 7.89. The average molecular weight is 716 g/mol. The Bertz CT molecular complexity index is 2230. The molecule has 11 heteroatoms. The van der Waals surface area contributed by atoms with Crippen LogP contribution in [0.25, 0.3) is 11.1 Å². The van der Waals surface area contributed by atoms with Gasteiger partial charge in [0.05, 0.1) is 37.7 Å². The van der Waals surface area contributed by atoms with Crippen LogP contribution in [0.4, 0.5) is 5.69 Å². The van der Waals surface area contributed by atoms with Crippen LogP contribution in [0.5, 0.6) is 17.4 Å². The Morgan fingerprint density at radius 2 is 1.56 bits per heavy atom. The third kappa shape index (κ3) is 7.65. The second-order valence-corrected chi connectivity index (χ2v) is 14.7. The zero-order valence-electron chi connectivity index (χ0n) is 29.4. The van der Waals surface area contributed by atoms with Crippen molar-refractivity contribution in [2.75, 3.05) is 25.7 Å². The first-order valence-corrected chi connectivity index (χ1v) is 18.5. The Morgan fingerprint density at radius 3 is 2.27 bits per heavy atom. The Labute approximate surface area is 304 Å². The van der Waals surface area contributed by atoms with E-state index >= 15 is 0 Å². The SMILES string of the molecule is COc1ccc(S(=O)(=O)N2Cc3cc(-c4ccnc(OC)c4)ccc3N(Cc3cncn3C)C[C@H]2Cc2ccc(OCc3ccccc3)cc2)cc1. The van der Waals surface area contributed by atoms with E-state index in [1.165, 1.54) is 0 Å². The number of hydrogen-bond donors (Lipinski definition) is 0. The van der Waals surface area contributed by atoms with Gasteiger partial charge in [-0.3, -0.25) is 0 Å². The van der Waals surface area contributed by atoms with E-state index in [1.807, 2.05) is 84.5 Å². The highest BCUT2D eigenvalue weighted by atomic mass is 32.2. The number of methoxy groups -OCH3 is 2. The Hall–Kier alpha value is -5.65. The molecule has 0 amide bonds. The molecule has 10 nitrogen and oxygen atoms in total. The van der Waals surface area contributed by atoms with E-state index in [9.17, 15) is 8.42 Å². The van der Waals surface area contributed by atoms with E-state index in [2.05, 4.69) is 33.1 Å². The molecule has 4 aromatic carbocycles. The molecule has 0 saturated heterocycles. The minimum Gasteiger partial charge on any atom is -0.497 e. The Balaban J connectivity index is 1.27. The number of sulfonamides is 1. The highest BCUT2D eigenvalue weighted by Crippen LogP contribution is 2.36. The van der Waals surface area contributed by atoms with Crippen molar-refractivity contribution < 1.29 is 22.6 Å². The number of hydrogen-bond acceptors (Lipinski definition) is 8. The molecule has 1 aliphatic heterocycles. The Morgan fingerprint density at radius 1 is 0.808 bits per heavy atom. The standard InChI is InChI=1S/C41H41N5O5S/c1-44-29-42-24-36(44)27-45-26-35(21-30-9-12-38(13-10-30)51-28-31-7-5-4-6-8-31)46(52(47,48)39-16-14-37(49-2)15-17-39)25-34-22-32(11-18-40(34)45)33-19-20-43-41(23-33)50-3/h4-20,22-24,29,35H,21,25-28H2,1-3H3/t35-/m1/s1. The third-order valence-electron chi connectivity index (χ3n) is 9.44. The van der Waals surface area contributed by atoms with E-state index in [0.717, 1.165) is 44.9 Å². The summed E-state index contributed by atoms with van der Waals surface area (Å²) in [5.74, 6) is 1.85. The van der Waals surface area contributed by atoms with Gasteiger partial charge in [-0.1, -0.05) is 48.5 Å². The summed E-state index contributed by atoms with van der Waals surface area (Å²) in [7, 11) is 1.16. The molecule has 0 spiro atoms. The van der Waals surface area contributed by atoms with Crippen LogP contribution in [0.15, 0.2) is 133 Å². The lowest BCUT2D eigenvalue weighted by Crippen LogP contribution is -2.45. The van der Waals surface area contributed by atoms with Crippen LogP contribution in [0, 0.1) is 0 Å². The maximum Gasteiger partial charge on any atom is 0.243 e. The monoisotopic (exact) mass is 715 g/mol. The molecule has 2 aromatic heterocycles. The number of ether oxygens (including phenoxy) is 3. The summed E-state index contributed by atoms with van der Waals surface area (Å²) in [6.07, 6.45) is 5.84. The molecule has 0 aliphatic carbocycles. The van der Waals surface area contributed by atoms with Crippen LogP contribution in [-0.2, 0) is 43.2 Å². The van der Waals surface area contributed by atoms with Gasteiger partial charge in [-0.15, -0.1) is 0 Å². The lowest BCUT2D eigenvalue weighted by Gasteiger charge is -2.32. The van der Waals surface area contributed by atoms with E-state index < -0.39 is 16.1 Å². The molecule has 0 saturated carbocycles. The minimum absolute atomic E-state index is 0.171. The zero-order chi connectivity index (χ0) is 36.1. The van der Waals surface area contributed by atoms with Crippen molar-refractivity contribution in [1.29, 1.82) is 0 Å². The molecule has 1 aliphatic rings. The van der Waals surface area contributed by atoms with Crippen LogP contribution in [0.2, 0.25) is 0 Å². The van der Waals surface area contributed by atoms with Gasteiger partial charge in [-0.25, -0.2) is 18.4 Å². The molecule has 52 heavy (non-hydrogen) atoms. The van der Waals surface area contributed by atoms with Crippen molar-refractivity contribution in [3.8, 4) is 28.5 Å². The first-order chi connectivity index (χ1) is 25.3. The first-order valence-electron chi connectivity index (χ1n) is 17.1. The van der Waals surface area contributed by atoms with Crippen molar-refractivity contribution in [2.24, 2.45) is 7.05 Å². The van der Waals surface area contributed by atoms with Gasteiger partial charge in [0.2, 0.25) is 15.9 Å². The van der Waals surface area contributed by atoms with Crippen molar-refractivity contribution >= 4 is 15.7 Å². The smallest absolute Gasteiger partial charge is 0.243 e. The number of aryl methyl sites for hydroxylation is 1. The fourth-order valence-electron chi connectivity index (χ4n) is 6.59. The molecule has 0 unspecified atom stereocenters. The number of pyridine rings is 1. The van der Waals surface area contributed by atoms with Crippen LogP contribution >= 0.6 is 0 Å². The number of rotatable bonds is 12. The summed E-state index contributed by atoms with van der Waals surface area (Å²) in [6, 6.07) is 34.2. The number of aromatic nitrogens is 3. The van der Waals surface area contributed by atoms with E-state index in [0.29, 0.717) is 37.7 Å². The lowest BCUT2D eigenvalue weighted by molar-refractivity contribution is 0.305. The van der Waals surface area contributed by atoms with Gasteiger partial charge in [-0.2, -0.15) is 4.31 Å². The molecular weight excluding hydrogens is 675 g/mol. The first kappa shape index (κ1) is 34.8. The van der Waals surface area contributed by atoms with Gasteiger partial charge < -0.3 is 23.7 Å². The van der Waals surface area contributed by atoms with E-state index in [-0.39, 0.29) is 11.4 Å². The van der Waals surface area contributed by atoms with Crippen molar-refractivity contribution in [3.63, 3.8) is 0 Å².